The second-order valence-corrected chi connectivity index (χ2v) is 2.64. The first-order chi connectivity index (χ1) is 6.15. The third kappa shape index (κ3) is 2.47. The molecule has 0 fully saturated rings. The molecule has 1 aromatic carbocycles. The van der Waals surface area contributed by atoms with Crippen LogP contribution in [0.1, 0.15) is 11.7 Å². The molecule has 1 unspecified atom stereocenters. The fraction of sp³-hybridized carbons (Fsp3) is 0.333. The SMILES string of the molecule is COCC(O)c1ccc(F)c(F)c1. The molecule has 0 aliphatic heterocycles. The molecule has 0 bridgehead atoms. The van der Waals surface area contributed by atoms with Crippen LogP contribution in [0.15, 0.2) is 18.2 Å². The Balaban J connectivity index is 2.84. The van der Waals surface area contributed by atoms with E-state index in [-0.39, 0.29) is 6.61 Å². The smallest absolute Gasteiger partial charge is 0.159 e. The number of halogens is 2. The summed E-state index contributed by atoms with van der Waals surface area (Å²) in [4.78, 5) is 0. The van der Waals surface area contributed by atoms with Gasteiger partial charge in [0.15, 0.2) is 11.6 Å². The average molecular weight is 188 g/mol. The molecule has 1 N–H and O–H groups in total. The van der Waals surface area contributed by atoms with Gasteiger partial charge in [0.2, 0.25) is 0 Å². The number of aliphatic hydroxyl groups excluding tert-OH is 1. The molecule has 0 radical (unpaired) electrons. The summed E-state index contributed by atoms with van der Waals surface area (Å²) < 4.78 is 29.8. The molecule has 4 heteroatoms. The number of hydrogen-bond donors (Lipinski definition) is 1. The number of ether oxygens (including phenoxy) is 1. The van der Waals surface area contributed by atoms with Gasteiger partial charge in [-0.25, -0.2) is 8.78 Å². The summed E-state index contributed by atoms with van der Waals surface area (Å²) in [6.45, 7) is 0.0606. The van der Waals surface area contributed by atoms with Gasteiger partial charge >= 0.3 is 0 Å². The highest BCUT2D eigenvalue weighted by molar-refractivity contribution is 5.19. The number of benzene rings is 1. The Morgan fingerprint density at radius 3 is 2.62 bits per heavy atom. The number of methoxy groups -OCH3 is 1. The Labute approximate surface area is 74.8 Å². The van der Waals surface area contributed by atoms with Crippen molar-refractivity contribution in [3.05, 3.63) is 35.4 Å². The molecule has 0 aliphatic carbocycles. The first kappa shape index (κ1) is 10.1. The standard InChI is InChI=1S/C9H10F2O2/c1-13-5-9(12)6-2-3-7(10)8(11)4-6/h2-4,9,12H,5H2,1H3. The Hall–Kier alpha value is -1.00. The molecular formula is C9H10F2O2. The van der Waals surface area contributed by atoms with Gasteiger partial charge in [0.05, 0.1) is 6.61 Å². The van der Waals surface area contributed by atoms with Crippen molar-refractivity contribution in [1.82, 2.24) is 0 Å². The van der Waals surface area contributed by atoms with Crippen LogP contribution in [0.2, 0.25) is 0 Å². The van der Waals surface area contributed by atoms with Crippen LogP contribution in [0.25, 0.3) is 0 Å². The monoisotopic (exact) mass is 188 g/mol. The summed E-state index contributed by atoms with van der Waals surface area (Å²) in [5.74, 6) is -1.89. The normalized spacial score (nSPS) is 12.9. The number of hydrogen-bond acceptors (Lipinski definition) is 2. The quantitative estimate of drug-likeness (QED) is 0.781. The lowest BCUT2D eigenvalue weighted by Gasteiger charge is -2.09. The third-order valence-electron chi connectivity index (χ3n) is 1.65. The zero-order valence-corrected chi connectivity index (χ0v) is 7.13. The van der Waals surface area contributed by atoms with Gasteiger partial charge in [-0.1, -0.05) is 6.07 Å². The Morgan fingerprint density at radius 1 is 1.38 bits per heavy atom. The molecule has 72 valence electrons. The molecule has 0 saturated heterocycles. The van der Waals surface area contributed by atoms with Gasteiger partial charge in [-0.3, -0.25) is 0 Å². The highest BCUT2D eigenvalue weighted by Crippen LogP contribution is 2.16. The minimum Gasteiger partial charge on any atom is -0.386 e. The Kier molecular flexibility index (Phi) is 3.33. The Morgan fingerprint density at radius 2 is 2.08 bits per heavy atom. The van der Waals surface area contributed by atoms with E-state index in [1.165, 1.54) is 13.2 Å². The molecule has 0 aromatic heterocycles. The van der Waals surface area contributed by atoms with Gasteiger partial charge < -0.3 is 9.84 Å². The van der Waals surface area contributed by atoms with E-state index < -0.39 is 17.7 Å². The largest absolute Gasteiger partial charge is 0.386 e. The highest BCUT2D eigenvalue weighted by atomic mass is 19.2. The van der Waals surface area contributed by atoms with Crippen molar-refractivity contribution in [3.8, 4) is 0 Å². The van der Waals surface area contributed by atoms with E-state index in [4.69, 9.17) is 0 Å². The number of rotatable bonds is 3. The zero-order valence-electron chi connectivity index (χ0n) is 7.13. The third-order valence-corrected chi connectivity index (χ3v) is 1.65. The van der Waals surface area contributed by atoms with Crippen molar-refractivity contribution in [2.75, 3.05) is 13.7 Å². The second kappa shape index (κ2) is 4.30. The average Bonchev–Trinajstić information content (AvgIpc) is 2.10. The molecule has 0 spiro atoms. The van der Waals surface area contributed by atoms with Gasteiger partial charge in [-0.05, 0) is 17.7 Å². The van der Waals surface area contributed by atoms with Crippen LogP contribution in [-0.4, -0.2) is 18.8 Å². The minimum atomic E-state index is -0.965. The van der Waals surface area contributed by atoms with Crippen molar-refractivity contribution < 1.29 is 18.6 Å². The van der Waals surface area contributed by atoms with Gasteiger partial charge in [-0.15, -0.1) is 0 Å². The summed E-state index contributed by atoms with van der Waals surface area (Å²) in [5.41, 5.74) is 0.306. The lowest BCUT2D eigenvalue weighted by molar-refractivity contribution is 0.0641. The molecule has 1 atom stereocenters. The summed E-state index contributed by atoms with van der Waals surface area (Å²) in [6, 6.07) is 3.25. The van der Waals surface area contributed by atoms with Crippen LogP contribution >= 0.6 is 0 Å². The maximum absolute atomic E-state index is 12.7. The van der Waals surface area contributed by atoms with E-state index in [1.807, 2.05) is 0 Å². The maximum Gasteiger partial charge on any atom is 0.159 e. The highest BCUT2D eigenvalue weighted by Gasteiger charge is 2.09. The van der Waals surface area contributed by atoms with Gasteiger partial charge in [-0.2, -0.15) is 0 Å². The van der Waals surface area contributed by atoms with Crippen LogP contribution in [0.5, 0.6) is 0 Å². The van der Waals surface area contributed by atoms with Crippen molar-refractivity contribution in [3.63, 3.8) is 0 Å². The molecule has 0 heterocycles. The van der Waals surface area contributed by atoms with E-state index in [0.29, 0.717) is 5.56 Å². The van der Waals surface area contributed by atoms with Crippen LogP contribution < -0.4 is 0 Å². The van der Waals surface area contributed by atoms with Crippen molar-refractivity contribution >= 4 is 0 Å². The molecule has 13 heavy (non-hydrogen) atoms. The van der Waals surface area contributed by atoms with E-state index >= 15 is 0 Å². The summed E-state index contributed by atoms with van der Waals surface area (Å²) in [7, 11) is 1.42. The second-order valence-electron chi connectivity index (χ2n) is 2.64. The molecule has 2 nitrogen and oxygen atoms in total. The topological polar surface area (TPSA) is 29.5 Å². The first-order valence-corrected chi connectivity index (χ1v) is 3.77. The van der Waals surface area contributed by atoms with Crippen LogP contribution in [-0.2, 0) is 4.74 Å². The van der Waals surface area contributed by atoms with Crippen molar-refractivity contribution in [2.24, 2.45) is 0 Å². The molecule has 1 rings (SSSR count). The van der Waals surface area contributed by atoms with Crippen molar-refractivity contribution in [2.45, 2.75) is 6.10 Å². The summed E-state index contributed by atoms with van der Waals surface area (Å²) in [5, 5.41) is 9.32. The fourth-order valence-corrected chi connectivity index (χ4v) is 0.974. The predicted octanol–water partition coefficient (Wildman–Crippen LogP) is 1.64. The van der Waals surface area contributed by atoms with E-state index in [0.717, 1.165) is 12.1 Å². The van der Waals surface area contributed by atoms with Gasteiger partial charge in [0, 0.05) is 7.11 Å². The van der Waals surface area contributed by atoms with Gasteiger partial charge in [0.1, 0.15) is 6.10 Å². The molecular weight excluding hydrogens is 178 g/mol. The Bertz CT molecular complexity index is 289. The van der Waals surface area contributed by atoms with Crippen molar-refractivity contribution in [1.29, 1.82) is 0 Å². The van der Waals surface area contributed by atoms with Gasteiger partial charge in [0.25, 0.3) is 0 Å². The van der Waals surface area contributed by atoms with E-state index in [2.05, 4.69) is 4.74 Å². The first-order valence-electron chi connectivity index (χ1n) is 3.77. The molecule has 0 amide bonds. The van der Waals surface area contributed by atoms with Crippen LogP contribution in [0.3, 0.4) is 0 Å². The van der Waals surface area contributed by atoms with E-state index in [9.17, 15) is 13.9 Å². The fourth-order valence-electron chi connectivity index (χ4n) is 0.974. The zero-order chi connectivity index (χ0) is 9.84. The summed E-state index contributed by atoms with van der Waals surface area (Å²) in [6.07, 6.45) is -0.917. The van der Waals surface area contributed by atoms with Crippen LogP contribution in [0.4, 0.5) is 8.78 Å². The summed E-state index contributed by atoms with van der Waals surface area (Å²) >= 11 is 0. The van der Waals surface area contributed by atoms with Crippen LogP contribution in [0, 0.1) is 11.6 Å². The predicted molar refractivity (Wildman–Crippen MR) is 43.2 cm³/mol. The lowest BCUT2D eigenvalue weighted by Crippen LogP contribution is -2.05. The number of aliphatic hydroxyl groups is 1. The minimum absolute atomic E-state index is 0.0606. The molecule has 0 aliphatic rings. The molecule has 0 saturated carbocycles. The molecule has 1 aromatic rings. The maximum atomic E-state index is 12.7. The van der Waals surface area contributed by atoms with E-state index in [1.54, 1.807) is 0 Å². The lowest BCUT2D eigenvalue weighted by atomic mass is 10.1.